The highest BCUT2D eigenvalue weighted by molar-refractivity contribution is 5.80. The number of hydrogen-bond acceptors (Lipinski definition) is 7. The van der Waals surface area contributed by atoms with E-state index in [1.807, 2.05) is 31.2 Å². The van der Waals surface area contributed by atoms with Crippen molar-refractivity contribution in [3.05, 3.63) is 81.7 Å². The molecule has 1 unspecified atom stereocenters. The molecule has 2 aromatic carbocycles. The number of fused-ring (bicyclic) bond motifs is 1. The average Bonchev–Trinajstić information content (AvgIpc) is 3.54. The van der Waals surface area contributed by atoms with E-state index in [1.54, 1.807) is 16.8 Å². The van der Waals surface area contributed by atoms with Crippen molar-refractivity contribution in [1.29, 1.82) is 0 Å². The third kappa shape index (κ3) is 5.77. The second-order valence-corrected chi connectivity index (χ2v) is 8.99. The van der Waals surface area contributed by atoms with E-state index in [4.69, 9.17) is 9.47 Å². The molecule has 1 atom stereocenters. The summed E-state index contributed by atoms with van der Waals surface area (Å²) in [5.41, 5.74) is 2.12. The van der Waals surface area contributed by atoms with Crippen LogP contribution < -0.4 is 10.3 Å². The van der Waals surface area contributed by atoms with Crippen molar-refractivity contribution in [3.63, 3.8) is 0 Å². The van der Waals surface area contributed by atoms with Crippen LogP contribution in [0.2, 0.25) is 0 Å². The molecule has 1 fully saturated rings. The highest BCUT2D eigenvalue weighted by atomic mass is 19.1. The molecule has 1 saturated heterocycles. The first kappa shape index (κ1) is 24.1. The van der Waals surface area contributed by atoms with E-state index in [2.05, 4.69) is 25.4 Å². The fraction of sp³-hybridized carbons (Fsp3) is 0.385. The average molecular weight is 493 g/mol. The van der Waals surface area contributed by atoms with Gasteiger partial charge in [-0.2, -0.15) is 0 Å². The first-order chi connectivity index (χ1) is 17.6. The number of nitrogens with zero attached hydrogens (tertiary/aromatic N) is 5. The summed E-state index contributed by atoms with van der Waals surface area (Å²) in [6, 6.07) is 13.9. The molecule has 3 heterocycles. The van der Waals surface area contributed by atoms with E-state index in [-0.39, 0.29) is 17.5 Å². The molecule has 0 bridgehead atoms. The zero-order chi connectivity index (χ0) is 24.9. The maximum absolute atomic E-state index is 13.5. The quantitative estimate of drug-likeness (QED) is 0.362. The van der Waals surface area contributed by atoms with Crippen molar-refractivity contribution in [2.45, 2.75) is 52.0 Å². The van der Waals surface area contributed by atoms with Gasteiger partial charge in [-0.15, -0.1) is 5.10 Å². The summed E-state index contributed by atoms with van der Waals surface area (Å²) < 4.78 is 26.6. The summed E-state index contributed by atoms with van der Waals surface area (Å²) >= 11 is 0. The first-order valence-corrected chi connectivity index (χ1v) is 12.2. The third-order valence-corrected chi connectivity index (χ3v) is 6.29. The van der Waals surface area contributed by atoms with Crippen LogP contribution in [-0.2, 0) is 30.9 Å². The molecule has 2 aromatic heterocycles. The Bertz CT molecular complexity index is 1360. The Morgan fingerprint density at radius 2 is 2.03 bits per heavy atom. The van der Waals surface area contributed by atoms with Gasteiger partial charge in [0.05, 0.1) is 25.8 Å². The molecule has 188 valence electrons. The molecule has 1 aliphatic rings. The molecular weight excluding hydrogens is 463 g/mol. The van der Waals surface area contributed by atoms with Crippen molar-refractivity contribution in [2.24, 2.45) is 0 Å². The Labute approximate surface area is 207 Å². The lowest BCUT2D eigenvalue weighted by molar-refractivity contribution is 0.0914. The number of pyridine rings is 1. The van der Waals surface area contributed by atoms with Gasteiger partial charge >= 0.3 is 0 Å². The second-order valence-electron chi connectivity index (χ2n) is 8.99. The summed E-state index contributed by atoms with van der Waals surface area (Å²) in [6.45, 7) is 5.10. The zero-order valence-electron chi connectivity index (χ0n) is 20.2. The van der Waals surface area contributed by atoms with Crippen LogP contribution in [0.4, 0.5) is 4.39 Å². The van der Waals surface area contributed by atoms with Crippen molar-refractivity contribution in [3.8, 4) is 5.75 Å². The Morgan fingerprint density at radius 3 is 2.81 bits per heavy atom. The molecule has 4 aromatic rings. The molecule has 0 amide bonds. The van der Waals surface area contributed by atoms with E-state index in [0.29, 0.717) is 44.2 Å². The van der Waals surface area contributed by atoms with Gasteiger partial charge in [0.1, 0.15) is 11.6 Å². The number of aromatic amines is 1. The SMILES string of the molecule is CCOc1ccc2[nH]c(=O)c(CN(Cc3ccc(F)cc3)Cc3nnnn3CC3CCCO3)cc2c1. The smallest absolute Gasteiger partial charge is 0.252 e. The summed E-state index contributed by atoms with van der Waals surface area (Å²) in [5.74, 6) is 1.14. The van der Waals surface area contributed by atoms with Gasteiger partial charge in [-0.25, -0.2) is 9.07 Å². The van der Waals surface area contributed by atoms with Gasteiger partial charge in [0.15, 0.2) is 5.82 Å². The highest BCUT2D eigenvalue weighted by Gasteiger charge is 2.21. The van der Waals surface area contributed by atoms with Crippen LogP contribution in [-0.4, -0.2) is 49.4 Å². The zero-order valence-corrected chi connectivity index (χ0v) is 20.2. The normalized spacial score (nSPS) is 15.7. The molecular formula is C26H29FN6O3. The van der Waals surface area contributed by atoms with E-state index in [1.165, 1.54) is 12.1 Å². The molecule has 0 aliphatic carbocycles. The van der Waals surface area contributed by atoms with Gasteiger partial charge in [0.25, 0.3) is 5.56 Å². The van der Waals surface area contributed by atoms with Crippen molar-refractivity contribution in [2.75, 3.05) is 13.2 Å². The minimum absolute atomic E-state index is 0.0978. The molecule has 1 aliphatic heterocycles. The van der Waals surface area contributed by atoms with Crippen LogP contribution in [0.3, 0.4) is 0 Å². The fourth-order valence-corrected chi connectivity index (χ4v) is 4.52. The van der Waals surface area contributed by atoms with Gasteiger partial charge in [0.2, 0.25) is 0 Å². The Kier molecular flexibility index (Phi) is 7.33. The number of halogens is 1. The van der Waals surface area contributed by atoms with Gasteiger partial charge < -0.3 is 14.5 Å². The summed E-state index contributed by atoms with van der Waals surface area (Å²) in [7, 11) is 0. The van der Waals surface area contributed by atoms with Crippen LogP contribution in [0.5, 0.6) is 5.75 Å². The van der Waals surface area contributed by atoms with Crippen molar-refractivity contribution < 1.29 is 13.9 Å². The van der Waals surface area contributed by atoms with Crippen molar-refractivity contribution in [1.82, 2.24) is 30.1 Å². The predicted molar refractivity (Wildman–Crippen MR) is 132 cm³/mol. The molecule has 10 heteroatoms. The molecule has 0 saturated carbocycles. The Balaban J connectivity index is 1.42. The number of rotatable bonds is 10. The number of nitrogens with one attached hydrogen (secondary N) is 1. The lowest BCUT2D eigenvalue weighted by atomic mass is 10.1. The van der Waals surface area contributed by atoms with Crippen LogP contribution in [0.15, 0.2) is 53.3 Å². The minimum atomic E-state index is -0.290. The van der Waals surface area contributed by atoms with E-state index < -0.39 is 0 Å². The predicted octanol–water partition coefficient (Wildman–Crippen LogP) is 3.43. The van der Waals surface area contributed by atoms with Gasteiger partial charge in [0, 0.05) is 36.2 Å². The number of aromatic nitrogens is 5. The first-order valence-electron chi connectivity index (χ1n) is 12.2. The summed E-state index contributed by atoms with van der Waals surface area (Å²) in [6.07, 6.45) is 2.12. The summed E-state index contributed by atoms with van der Waals surface area (Å²) in [5, 5.41) is 13.2. The molecule has 0 radical (unpaired) electrons. The molecule has 0 spiro atoms. The van der Waals surface area contributed by atoms with E-state index in [9.17, 15) is 9.18 Å². The highest BCUT2D eigenvalue weighted by Crippen LogP contribution is 2.21. The lowest BCUT2D eigenvalue weighted by Gasteiger charge is -2.22. The fourth-order valence-electron chi connectivity index (χ4n) is 4.52. The standard InChI is InChI=1S/C26H29FN6O3/c1-2-35-22-9-10-24-19(13-22)12-20(26(34)28-24)15-32(14-18-5-7-21(27)8-6-18)17-25-29-30-31-33(25)16-23-4-3-11-36-23/h5-10,12-13,23H,2-4,11,14-17H2,1H3,(H,28,34). The molecule has 1 N–H and O–H groups in total. The van der Waals surface area contributed by atoms with Crippen LogP contribution in [0.1, 0.15) is 36.7 Å². The minimum Gasteiger partial charge on any atom is -0.494 e. The largest absolute Gasteiger partial charge is 0.494 e. The second kappa shape index (κ2) is 11.0. The monoisotopic (exact) mass is 492 g/mol. The number of benzene rings is 2. The Morgan fingerprint density at radius 1 is 1.17 bits per heavy atom. The van der Waals surface area contributed by atoms with Gasteiger partial charge in [-0.3, -0.25) is 9.69 Å². The number of hydrogen-bond donors (Lipinski definition) is 1. The maximum atomic E-state index is 13.5. The molecule has 9 nitrogen and oxygen atoms in total. The van der Waals surface area contributed by atoms with Crippen LogP contribution >= 0.6 is 0 Å². The number of H-pyrrole nitrogens is 1. The number of ether oxygens (including phenoxy) is 2. The van der Waals surface area contributed by atoms with E-state index >= 15 is 0 Å². The summed E-state index contributed by atoms with van der Waals surface area (Å²) in [4.78, 5) is 18.0. The Hall–Kier alpha value is -3.63. The number of tetrazole rings is 1. The van der Waals surface area contributed by atoms with E-state index in [0.717, 1.165) is 41.7 Å². The van der Waals surface area contributed by atoms with Gasteiger partial charge in [-0.05, 0) is 72.2 Å². The third-order valence-electron chi connectivity index (χ3n) is 6.29. The molecule has 36 heavy (non-hydrogen) atoms. The topological polar surface area (TPSA) is 98.2 Å². The van der Waals surface area contributed by atoms with Crippen LogP contribution in [0, 0.1) is 5.82 Å². The van der Waals surface area contributed by atoms with Gasteiger partial charge in [-0.1, -0.05) is 12.1 Å². The maximum Gasteiger partial charge on any atom is 0.252 e. The van der Waals surface area contributed by atoms with Crippen molar-refractivity contribution >= 4 is 10.9 Å². The van der Waals surface area contributed by atoms with Crippen LogP contribution in [0.25, 0.3) is 10.9 Å². The molecule has 5 rings (SSSR count). The lowest BCUT2D eigenvalue weighted by Crippen LogP contribution is -2.29.